The highest BCUT2D eigenvalue weighted by atomic mass is 16.5. The standard InChI is InChI=1S/C14H14N2O2/c1-9-3-6-14(16-8-9)18-13-5-4-11(15)7-12(13)10(2)17/h3-8H,15H2,1-2H3. The van der Waals surface area contributed by atoms with Crippen molar-refractivity contribution in [1.82, 2.24) is 4.98 Å². The zero-order valence-electron chi connectivity index (χ0n) is 10.3. The molecule has 2 aromatic rings. The molecule has 4 heteroatoms. The molecular weight excluding hydrogens is 228 g/mol. The lowest BCUT2D eigenvalue weighted by molar-refractivity contribution is 0.101. The van der Waals surface area contributed by atoms with Gasteiger partial charge in [-0.05, 0) is 37.6 Å². The predicted octanol–water partition coefficient (Wildman–Crippen LogP) is 2.97. The van der Waals surface area contributed by atoms with Crippen molar-refractivity contribution in [1.29, 1.82) is 0 Å². The van der Waals surface area contributed by atoms with E-state index in [-0.39, 0.29) is 5.78 Å². The lowest BCUT2D eigenvalue weighted by atomic mass is 10.1. The van der Waals surface area contributed by atoms with Gasteiger partial charge in [0.15, 0.2) is 5.78 Å². The first-order valence-electron chi connectivity index (χ1n) is 5.57. The molecule has 0 fully saturated rings. The fourth-order valence-corrected chi connectivity index (χ4v) is 1.54. The van der Waals surface area contributed by atoms with Crippen molar-refractivity contribution >= 4 is 11.5 Å². The number of nitrogens with two attached hydrogens (primary N) is 1. The molecule has 0 bridgehead atoms. The van der Waals surface area contributed by atoms with Crippen molar-refractivity contribution in [3.8, 4) is 11.6 Å². The summed E-state index contributed by atoms with van der Waals surface area (Å²) >= 11 is 0. The van der Waals surface area contributed by atoms with Gasteiger partial charge in [-0.1, -0.05) is 6.07 Å². The first-order valence-corrected chi connectivity index (χ1v) is 5.57. The lowest BCUT2D eigenvalue weighted by Crippen LogP contribution is -1.99. The summed E-state index contributed by atoms with van der Waals surface area (Å²) in [7, 11) is 0. The van der Waals surface area contributed by atoms with Crippen molar-refractivity contribution in [2.45, 2.75) is 13.8 Å². The summed E-state index contributed by atoms with van der Waals surface area (Å²) in [5.41, 5.74) is 7.69. The number of ether oxygens (including phenoxy) is 1. The Bertz CT molecular complexity index is 577. The highest BCUT2D eigenvalue weighted by molar-refractivity contribution is 5.97. The molecule has 0 saturated carbocycles. The van der Waals surface area contributed by atoms with E-state index in [4.69, 9.17) is 10.5 Å². The Labute approximate surface area is 105 Å². The average Bonchev–Trinajstić information content (AvgIpc) is 2.34. The molecule has 1 heterocycles. The Morgan fingerprint density at radius 1 is 1.28 bits per heavy atom. The number of aromatic nitrogens is 1. The van der Waals surface area contributed by atoms with Crippen molar-refractivity contribution in [2.24, 2.45) is 0 Å². The van der Waals surface area contributed by atoms with Gasteiger partial charge >= 0.3 is 0 Å². The molecule has 92 valence electrons. The molecule has 0 radical (unpaired) electrons. The number of pyridine rings is 1. The van der Waals surface area contributed by atoms with Crippen LogP contribution in [-0.2, 0) is 0 Å². The second-order valence-electron chi connectivity index (χ2n) is 4.09. The molecule has 0 aliphatic rings. The van der Waals surface area contributed by atoms with Crippen LogP contribution in [-0.4, -0.2) is 10.8 Å². The van der Waals surface area contributed by atoms with Crippen LogP contribution >= 0.6 is 0 Å². The number of benzene rings is 1. The van der Waals surface area contributed by atoms with E-state index in [1.807, 2.05) is 13.0 Å². The molecule has 1 aromatic heterocycles. The fraction of sp³-hybridized carbons (Fsp3) is 0.143. The van der Waals surface area contributed by atoms with Gasteiger partial charge in [0.25, 0.3) is 0 Å². The van der Waals surface area contributed by atoms with Crippen LogP contribution < -0.4 is 10.5 Å². The van der Waals surface area contributed by atoms with Gasteiger partial charge in [-0.3, -0.25) is 4.79 Å². The number of nitrogen functional groups attached to an aromatic ring is 1. The Balaban J connectivity index is 2.34. The summed E-state index contributed by atoms with van der Waals surface area (Å²) in [6, 6.07) is 8.62. The number of ketones is 1. The van der Waals surface area contributed by atoms with E-state index in [0.29, 0.717) is 22.9 Å². The summed E-state index contributed by atoms with van der Waals surface area (Å²) in [5, 5.41) is 0. The van der Waals surface area contributed by atoms with Crippen molar-refractivity contribution in [3.05, 3.63) is 47.7 Å². The maximum atomic E-state index is 11.5. The van der Waals surface area contributed by atoms with E-state index < -0.39 is 0 Å². The predicted molar refractivity (Wildman–Crippen MR) is 69.9 cm³/mol. The molecule has 0 spiro atoms. The SMILES string of the molecule is CC(=O)c1cc(N)ccc1Oc1ccc(C)cn1. The molecule has 4 nitrogen and oxygen atoms in total. The Morgan fingerprint density at radius 3 is 2.67 bits per heavy atom. The number of anilines is 1. The number of nitrogens with zero attached hydrogens (tertiary/aromatic N) is 1. The van der Waals surface area contributed by atoms with E-state index in [1.165, 1.54) is 6.92 Å². The zero-order valence-corrected chi connectivity index (χ0v) is 10.3. The summed E-state index contributed by atoms with van der Waals surface area (Å²) < 4.78 is 5.59. The van der Waals surface area contributed by atoms with Gasteiger partial charge in [0.1, 0.15) is 5.75 Å². The monoisotopic (exact) mass is 242 g/mol. The van der Waals surface area contributed by atoms with Crippen LogP contribution in [0.1, 0.15) is 22.8 Å². The van der Waals surface area contributed by atoms with Crippen LogP contribution in [0, 0.1) is 6.92 Å². The van der Waals surface area contributed by atoms with Crippen molar-refractivity contribution in [2.75, 3.05) is 5.73 Å². The topological polar surface area (TPSA) is 65.2 Å². The molecule has 0 amide bonds. The van der Waals surface area contributed by atoms with Gasteiger partial charge in [0, 0.05) is 18.0 Å². The highest BCUT2D eigenvalue weighted by Gasteiger charge is 2.10. The first kappa shape index (κ1) is 12.1. The van der Waals surface area contributed by atoms with Gasteiger partial charge in [-0.25, -0.2) is 4.98 Å². The second kappa shape index (κ2) is 4.87. The zero-order chi connectivity index (χ0) is 13.1. The molecule has 2 rings (SSSR count). The summed E-state index contributed by atoms with van der Waals surface area (Å²) in [4.78, 5) is 15.6. The highest BCUT2D eigenvalue weighted by Crippen LogP contribution is 2.26. The van der Waals surface area contributed by atoms with Gasteiger partial charge in [-0.15, -0.1) is 0 Å². The number of hydrogen-bond donors (Lipinski definition) is 1. The minimum absolute atomic E-state index is 0.0931. The van der Waals surface area contributed by atoms with Crippen LogP contribution in [0.5, 0.6) is 11.6 Å². The largest absolute Gasteiger partial charge is 0.438 e. The minimum Gasteiger partial charge on any atom is -0.438 e. The Morgan fingerprint density at radius 2 is 2.06 bits per heavy atom. The molecule has 18 heavy (non-hydrogen) atoms. The number of carbonyl (C=O) groups is 1. The van der Waals surface area contributed by atoms with Crippen molar-refractivity contribution in [3.63, 3.8) is 0 Å². The minimum atomic E-state index is -0.0931. The van der Waals surface area contributed by atoms with Crippen molar-refractivity contribution < 1.29 is 9.53 Å². The van der Waals surface area contributed by atoms with E-state index in [9.17, 15) is 4.79 Å². The molecule has 2 N–H and O–H groups in total. The normalized spacial score (nSPS) is 10.1. The van der Waals surface area contributed by atoms with Crippen LogP contribution in [0.2, 0.25) is 0 Å². The van der Waals surface area contributed by atoms with Crippen LogP contribution in [0.15, 0.2) is 36.5 Å². The molecular formula is C14H14N2O2. The number of Topliss-reactive ketones (excluding diaryl/α,β-unsaturated/α-hetero) is 1. The quantitative estimate of drug-likeness (QED) is 0.663. The number of carbonyl (C=O) groups excluding carboxylic acids is 1. The van der Waals surface area contributed by atoms with E-state index in [2.05, 4.69) is 4.98 Å². The molecule has 0 unspecified atom stereocenters. The van der Waals surface area contributed by atoms with E-state index >= 15 is 0 Å². The first-order chi connectivity index (χ1) is 8.56. The maximum absolute atomic E-state index is 11.5. The van der Waals surface area contributed by atoms with Gasteiger partial charge < -0.3 is 10.5 Å². The van der Waals surface area contributed by atoms with E-state index in [1.54, 1.807) is 30.5 Å². The third kappa shape index (κ3) is 2.66. The summed E-state index contributed by atoms with van der Waals surface area (Å²) in [5.74, 6) is 0.824. The van der Waals surface area contributed by atoms with Crippen LogP contribution in [0.3, 0.4) is 0 Å². The fourth-order valence-electron chi connectivity index (χ4n) is 1.54. The average molecular weight is 242 g/mol. The summed E-state index contributed by atoms with van der Waals surface area (Å²) in [6.45, 7) is 3.42. The Kier molecular flexibility index (Phi) is 3.28. The third-order valence-corrected chi connectivity index (χ3v) is 2.48. The van der Waals surface area contributed by atoms with E-state index in [0.717, 1.165) is 5.56 Å². The lowest BCUT2D eigenvalue weighted by Gasteiger charge is -2.09. The van der Waals surface area contributed by atoms with Gasteiger partial charge in [0.2, 0.25) is 5.88 Å². The molecule has 0 aliphatic carbocycles. The molecule has 0 saturated heterocycles. The van der Waals surface area contributed by atoms with Gasteiger partial charge in [-0.2, -0.15) is 0 Å². The molecule has 1 aromatic carbocycles. The number of rotatable bonds is 3. The number of aryl methyl sites for hydroxylation is 1. The summed E-state index contributed by atoms with van der Waals surface area (Å²) in [6.07, 6.45) is 1.71. The smallest absolute Gasteiger partial charge is 0.219 e. The van der Waals surface area contributed by atoms with Crippen LogP contribution in [0.4, 0.5) is 5.69 Å². The second-order valence-corrected chi connectivity index (χ2v) is 4.09. The molecule has 0 atom stereocenters. The van der Waals surface area contributed by atoms with Gasteiger partial charge in [0.05, 0.1) is 5.56 Å². The van der Waals surface area contributed by atoms with Crippen LogP contribution in [0.25, 0.3) is 0 Å². The molecule has 0 aliphatic heterocycles. The maximum Gasteiger partial charge on any atom is 0.219 e. The Hall–Kier alpha value is -2.36. The number of hydrogen-bond acceptors (Lipinski definition) is 4. The third-order valence-electron chi connectivity index (χ3n) is 2.48.